The SMILES string of the molecule is Cc1ccc(OCCOc2ccc(/C=C(\C#N)C(=O)Nc3ccc(C)cc3C)cc2)cc1. The third kappa shape index (κ3) is 6.48. The van der Waals surface area contributed by atoms with Crippen molar-refractivity contribution >= 4 is 17.7 Å². The zero-order valence-electron chi connectivity index (χ0n) is 18.5. The molecule has 0 saturated heterocycles. The molecule has 32 heavy (non-hydrogen) atoms. The molecule has 3 aromatic rings. The highest BCUT2D eigenvalue weighted by molar-refractivity contribution is 6.09. The second-order valence-electron chi connectivity index (χ2n) is 7.52. The summed E-state index contributed by atoms with van der Waals surface area (Å²) >= 11 is 0. The van der Waals surface area contributed by atoms with Crippen molar-refractivity contribution in [2.24, 2.45) is 0 Å². The van der Waals surface area contributed by atoms with Crippen LogP contribution in [0.5, 0.6) is 11.5 Å². The van der Waals surface area contributed by atoms with Gasteiger partial charge in [-0.2, -0.15) is 5.26 Å². The number of nitriles is 1. The maximum absolute atomic E-state index is 12.5. The van der Waals surface area contributed by atoms with Crippen molar-refractivity contribution in [2.75, 3.05) is 18.5 Å². The second-order valence-corrected chi connectivity index (χ2v) is 7.52. The molecule has 0 aliphatic carbocycles. The Hall–Kier alpha value is -4.04. The van der Waals surface area contributed by atoms with Crippen LogP contribution in [0.2, 0.25) is 0 Å². The van der Waals surface area contributed by atoms with Crippen LogP contribution in [0, 0.1) is 32.1 Å². The minimum Gasteiger partial charge on any atom is -0.490 e. The number of nitrogens with zero attached hydrogens (tertiary/aromatic N) is 1. The van der Waals surface area contributed by atoms with Crippen LogP contribution in [-0.4, -0.2) is 19.1 Å². The van der Waals surface area contributed by atoms with Gasteiger partial charge in [0.1, 0.15) is 36.4 Å². The van der Waals surface area contributed by atoms with Gasteiger partial charge < -0.3 is 14.8 Å². The number of hydrogen-bond acceptors (Lipinski definition) is 4. The Balaban J connectivity index is 1.54. The first-order valence-electron chi connectivity index (χ1n) is 10.4. The van der Waals surface area contributed by atoms with E-state index in [9.17, 15) is 10.1 Å². The molecule has 0 unspecified atom stereocenters. The average molecular weight is 427 g/mol. The summed E-state index contributed by atoms with van der Waals surface area (Å²) in [5, 5.41) is 12.2. The van der Waals surface area contributed by atoms with Crippen LogP contribution in [0.3, 0.4) is 0 Å². The Kier molecular flexibility index (Phi) is 7.66. The summed E-state index contributed by atoms with van der Waals surface area (Å²) in [4.78, 5) is 12.5. The van der Waals surface area contributed by atoms with E-state index in [-0.39, 0.29) is 5.57 Å². The van der Waals surface area contributed by atoms with E-state index in [0.29, 0.717) is 24.7 Å². The highest BCUT2D eigenvalue weighted by Gasteiger charge is 2.11. The number of ether oxygens (including phenoxy) is 2. The van der Waals surface area contributed by atoms with Crippen LogP contribution in [0.15, 0.2) is 72.3 Å². The normalized spacial score (nSPS) is 10.9. The standard InChI is InChI=1S/C27H26N2O3/c1-19-4-9-24(10-5-19)31-14-15-32-25-11-7-22(8-12-25)17-23(18-28)27(30)29-26-13-6-20(2)16-21(26)3/h4-13,16-17H,14-15H2,1-3H3,(H,29,30)/b23-17+. The van der Waals surface area contributed by atoms with Crippen LogP contribution in [0.4, 0.5) is 5.69 Å². The third-order valence-corrected chi connectivity index (χ3v) is 4.83. The quantitative estimate of drug-likeness (QED) is 0.288. The Morgan fingerprint density at radius 2 is 1.44 bits per heavy atom. The van der Waals surface area contributed by atoms with Gasteiger partial charge in [-0.3, -0.25) is 4.79 Å². The highest BCUT2D eigenvalue weighted by atomic mass is 16.5. The van der Waals surface area contributed by atoms with Gasteiger partial charge in [0.15, 0.2) is 0 Å². The molecule has 162 valence electrons. The first kappa shape index (κ1) is 22.6. The molecule has 1 amide bonds. The molecule has 0 bridgehead atoms. The van der Waals surface area contributed by atoms with E-state index >= 15 is 0 Å². The van der Waals surface area contributed by atoms with Crippen molar-refractivity contribution in [2.45, 2.75) is 20.8 Å². The molecule has 0 aliphatic heterocycles. The molecule has 0 spiro atoms. The summed E-state index contributed by atoms with van der Waals surface area (Å²) in [7, 11) is 0. The first-order chi connectivity index (χ1) is 15.4. The van der Waals surface area contributed by atoms with Crippen molar-refractivity contribution in [3.05, 3.63) is 94.6 Å². The summed E-state index contributed by atoms with van der Waals surface area (Å²) in [6.07, 6.45) is 1.56. The van der Waals surface area contributed by atoms with E-state index in [1.807, 2.05) is 69.3 Å². The van der Waals surface area contributed by atoms with Gasteiger partial charge in [-0.1, -0.05) is 47.5 Å². The van der Waals surface area contributed by atoms with Gasteiger partial charge in [-0.05, 0) is 68.3 Å². The van der Waals surface area contributed by atoms with E-state index in [2.05, 4.69) is 5.32 Å². The Labute approximate surface area is 188 Å². The summed E-state index contributed by atoms with van der Waals surface area (Å²) in [6.45, 7) is 6.78. The van der Waals surface area contributed by atoms with Crippen LogP contribution in [0.25, 0.3) is 6.08 Å². The lowest BCUT2D eigenvalue weighted by molar-refractivity contribution is -0.112. The number of rotatable bonds is 8. The Bertz CT molecular complexity index is 1140. The molecule has 3 aromatic carbocycles. The van der Waals surface area contributed by atoms with Gasteiger partial charge >= 0.3 is 0 Å². The summed E-state index contributed by atoms with van der Waals surface area (Å²) in [6, 6.07) is 22.8. The highest BCUT2D eigenvalue weighted by Crippen LogP contribution is 2.19. The van der Waals surface area contributed by atoms with Crippen molar-refractivity contribution in [3.8, 4) is 17.6 Å². The molecule has 0 aliphatic rings. The second kappa shape index (κ2) is 10.8. The van der Waals surface area contributed by atoms with E-state index in [0.717, 1.165) is 22.4 Å². The van der Waals surface area contributed by atoms with E-state index in [1.165, 1.54) is 5.56 Å². The van der Waals surface area contributed by atoms with Crippen molar-refractivity contribution in [1.29, 1.82) is 5.26 Å². The lowest BCUT2D eigenvalue weighted by Gasteiger charge is -2.09. The summed E-state index contributed by atoms with van der Waals surface area (Å²) in [5.41, 5.74) is 4.71. The van der Waals surface area contributed by atoms with E-state index < -0.39 is 5.91 Å². The van der Waals surface area contributed by atoms with E-state index in [4.69, 9.17) is 9.47 Å². The predicted octanol–water partition coefficient (Wildman–Crippen LogP) is 5.62. The zero-order valence-corrected chi connectivity index (χ0v) is 18.5. The number of hydrogen-bond donors (Lipinski definition) is 1. The molecule has 0 aromatic heterocycles. The lowest BCUT2D eigenvalue weighted by Crippen LogP contribution is -2.14. The van der Waals surface area contributed by atoms with E-state index in [1.54, 1.807) is 30.3 Å². The molecule has 0 saturated carbocycles. The number of benzene rings is 3. The van der Waals surface area contributed by atoms with Crippen LogP contribution in [-0.2, 0) is 4.79 Å². The number of nitrogens with one attached hydrogen (secondary N) is 1. The van der Waals surface area contributed by atoms with Crippen LogP contribution in [0.1, 0.15) is 22.3 Å². The molecule has 5 heteroatoms. The minimum absolute atomic E-state index is 0.0325. The van der Waals surface area contributed by atoms with Crippen molar-refractivity contribution in [1.82, 2.24) is 0 Å². The number of anilines is 1. The number of carbonyl (C=O) groups is 1. The van der Waals surface area contributed by atoms with Crippen molar-refractivity contribution < 1.29 is 14.3 Å². The maximum Gasteiger partial charge on any atom is 0.266 e. The first-order valence-corrected chi connectivity index (χ1v) is 10.4. The van der Waals surface area contributed by atoms with Gasteiger partial charge in [-0.25, -0.2) is 0 Å². The smallest absolute Gasteiger partial charge is 0.266 e. The van der Waals surface area contributed by atoms with Crippen molar-refractivity contribution in [3.63, 3.8) is 0 Å². The van der Waals surface area contributed by atoms with Crippen LogP contribution < -0.4 is 14.8 Å². The molecule has 0 atom stereocenters. The lowest BCUT2D eigenvalue weighted by atomic mass is 10.1. The monoisotopic (exact) mass is 426 g/mol. The Morgan fingerprint density at radius 3 is 2.00 bits per heavy atom. The maximum atomic E-state index is 12.5. The predicted molar refractivity (Wildman–Crippen MR) is 127 cm³/mol. The number of amides is 1. The van der Waals surface area contributed by atoms with Gasteiger partial charge in [0.2, 0.25) is 0 Å². The minimum atomic E-state index is -0.437. The molecule has 0 fully saturated rings. The fourth-order valence-electron chi connectivity index (χ4n) is 3.07. The number of carbonyl (C=O) groups excluding carboxylic acids is 1. The number of aryl methyl sites for hydroxylation is 3. The molecular weight excluding hydrogens is 400 g/mol. The van der Waals surface area contributed by atoms with Gasteiger partial charge in [0.25, 0.3) is 5.91 Å². The third-order valence-electron chi connectivity index (χ3n) is 4.83. The molecule has 0 heterocycles. The van der Waals surface area contributed by atoms with Gasteiger partial charge in [-0.15, -0.1) is 0 Å². The fraction of sp³-hybridized carbons (Fsp3) is 0.185. The summed E-state index contributed by atoms with van der Waals surface area (Å²) in [5.74, 6) is 1.06. The topological polar surface area (TPSA) is 71.3 Å². The molecule has 3 rings (SSSR count). The molecule has 1 N–H and O–H groups in total. The molecular formula is C27H26N2O3. The summed E-state index contributed by atoms with van der Waals surface area (Å²) < 4.78 is 11.3. The molecule has 5 nitrogen and oxygen atoms in total. The largest absolute Gasteiger partial charge is 0.490 e. The molecule has 0 radical (unpaired) electrons. The average Bonchev–Trinajstić information content (AvgIpc) is 2.79. The fourth-order valence-corrected chi connectivity index (χ4v) is 3.07. The Morgan fingerprint density at radius 1 is 0.875 bits per heavy atom. The van der Waals surface area contributed by atoms with Crippen LogP contribution >= 0.6 is 0 Å². The van der Waals surface area contributed by atoms with Gasteiger partial charge in [0.05, 0.1) is 0 Å². The zero-order chi connectivity index (χ0) is 22.9. The van der Waals surface area contributed by atoms with Gasteiger partial charge in [0, 0.05) is 5.69 Å².